The minimum atomic E-state index is -0.250. The fraction of sp³-hybridized carbons (Fsp3) is 0.0667. The molecule has 0 saturated carbocycles. The summed E-state index contributed by atoms with van der Waals surface area (Å²) in [5.41, 5.74) is 2.09. The van der Waals surface area contributed by atoms with Crippen LogP contribution >= 0.6 is 0 Å². The van der Waals surface area contributed by atoms with Crippen LogP contribution in [-0.4, -0.2) is 12.1 Å². The second kappa shape index (κ2) is 4.11. The molecule has 0 aliphatic carbocycles. The van der Waals surface area contributed by atoms with E-state index in [0.29, 0.717) is 11.1 Å². The van der Waals surface area contributed by atoms with Gasteiger partial charge in [0.15, 0.2) is 0 Å². The third-order valence-electron chi connectivity index (χ3n) is 2.87. The van der Waals surface area contributed by atoms with Crippen LogP contribution in [0, 0.1) is 0 Å². The van der Waals surface area contributed by atoms with E-state index in [9.17, 15) is 4.79 Å². The third-order valence-corrected chi connectivity index (χ3v) is 2.87. The molecule has 2 aromatic carbocycles. The zero-order valence-electron chi connectivity index (χ0n) is 9.88. The highest BCUT2D eigenvalue weighted by molar-refractivity contribution is 6.08. The van der Waals surface area contributed by atoms with Gasteiger partial charge in [0.1, 0.15) is 11.2 Å². The summed E-state index contributed by atoms with van der Waals surface area (Å²) in [4.78, 5) is 15.4. The summed E-state index contributed by atoms with van der Waals surface area (Å²) in [5, 5.41) is 2.08. The van der Waals surface area contributed by atoms with Gasteiger partial charge in [-0.15, -0.1) is 0 Å². The molecule has 1 aromatic heterocycles. The number of fused-ring (bicyclic) bond motifs is 3. The predicted octanol–water partition coefficient (Wildman–Crippen LogP) is 3.82. The van der Waals surface area contributed by atoms with Crippen LogP contribution in [0.5, 0.6) is 0 Å². The van der Waals surface area contributed by atoms with Crippen molar-refractivity contribution in [1.82, 2.24) is 0 Å². The molecule has 0 aliphatic heterocycles. The molecule has 0 radical (unpaired) electrons. The van der Waals surface area contributed by atoms with Gasteiger partial charge in [-0.05, 0) is 31.2 Å². The van der Waals surface area contributed by atoms with Gasteiger partial charge < -0.3 is 4.42 Å². The molecule has 1 heterocycles. The van der Waals surface area contributed by atoms with Gasteiger partial charge in [-0.1, -0.05) is 18.2 Å². The molecule has 3 nitrogen and oxygen atoms in total. The zero-order chi connectivity index (χ0) is 12.5. The van der Waals surface area contributed by atoms with E-state index in [4.69, 9.17) is 4.42 Å². The second-order valence-corrected chi connectivity index (χ2v) is 4.00. The number of amides is 1. The maximum absolute atomic E-state index is 11.7. The SMILES string of the molecule is C/C=N/C(=O)c1ccc2c(c1)oc1ccccc12. The fourth-order valence-electron chi connectivity index (χ4n) is 2.05. The van der Waals surface area contributed by atoms with Crippen molar-refractivity contribution in [2.24, 2.45) is 4.99 Å². The van der Waals surface area contributed by atoms with E-state index >= 15 is 0 Å². The molecule has 0 bridgehead atoms. The van der Waals surface area contributed by atoms with E-state index in [1.807, 2.05) is 30.3 Å². The molecule has 0 atom stereocenters. The fourth-order valence-corrected chi connectivity index (χ4v) is 2.05. The Labute approximate surface area is 104 Å². The highest BCUT2D eigenvalue weighted by atomic mass is 16.3. The average molecular weight is 237 g/mol. The van der Waals surface area contributed by atoms with Crippen molar-refractivity contribution in [3.63, 3.8) is 0 Å². The van der Waals surface area contributed by atoms with E-state index in [-0.39, 0.29) is 5.91 Å². The highest BCUT2D eigenvalue weighted by Gasteiger charge is 2.09. The number of benzene rings is 2. The molecular weight excluding hydrogens is 226 g/mol. The first-order valence-electron chi connectivity index (χ1n) is 5.74. The monoisotopic (exact) mass is 237 g/mol. The van der Waals surface area contributed by atoms with Gasteiger partial charge in [0, 0.05) is 22.6 Å². The molecule has 18 heavy (non-hydrogen) atoms. The summed E-state index contributed by atoms with van der Waals surface area (Å²) < 4.78 is 5.72. The lowest BCUT2D eigenvalue weighted by molar-refractivity contribution is 0.100. The molecule has 0 saturated heterocycles. The van der Waals surface area contributed by atoms with E-state index in [1.54, 1.807) is 19.1 Å². The quantitative estimate of drug-likeness (QED) is 0.604. The minimum absolute atomic E-state index is 0.250. The Kier molecular flexibility index (Phi) is 2.45. The number of rotatable bonds is 1. The van der Waals surface area contributed by atoms with Gasteiger partial charge in [0.05, 0.1) is 0 Å². The lowest BCUT2D eigenvalue weighted by atomic mass is 10.1. The molecule has 88 valence electrons. The average Bonchev–Trinajstić information content (AvgIpc) is 2.76. The van der Waals surface area contributed by atoms with Crippen LogP contribution in [0.15, 0.2) is 51.9 Å². The lowest BCUT2D eigenvalue weighted by Crippen LogP contribution is -1.93. The van der Waals surface area contributed by atoms with Gasteiger partial charge in [0.2, 0.25) is 0 Å². The Hall–Kier alpha value is -2.42. The molecule has 0 N–H and O–H groups in total. The van der Waals surface area contributed by atoms with Crippen molar-refractivity contribution < 1.29 is 9.21 Å². The van der Waals surface area contributed by atoms with Crippen LogP contribution in [0.1, 0.15) is 17.3 Å². The van der Waals surface area contributed by atoms with Crippen LogP contribution < -0.4 is 0 Å². The van der Waals surface area contributed by atoms with Crippen molar-refractivity contribution in [3.05, 3.63) is 48.0 Å². The Morgan fingerprint density at radius 3 is 2.72 bits per heavy atom. The molecule has 1 amide bonds. The number of aliphatic imine (C=N–C) groups is 1. The first kappa shape index (κ1) is 10.7. The number of hydrogen-bond donors (Lipinski definition) is 0. The van der Waals surface area contributed by atoms with E-state index in [2.05, 4.69) is 4.99 Å². The zero-order valence-corrected chi connectivity index (χ0v) is 9.88. The summed E-state index contributed by atoms with van der Waals surface area (Å²) in [5.74, 6) is -0.250. The highest BCUT2D eigenvalue weighted by Crippen LogP contribution is 2.29. The molecule has 0 fully saturated rings. The lowest BCUT2D eigenvalue weighted by Gasteiger charge is -1.94. The van der Waals surface area contributed by atoms with Crippen LogP contribution in [0.3, 0.4) is 0 Å². The van der Waals surface area contributed by atoms with E-state index < -0.39 is 0 Å². The molecule has 0 unspecified atom stereocenters. The molecule has 3 heteroatoms. The van der Waals surface area contributed by atoms with Gasteiger partial charge in [-0.2, -0.15) is 0 Å². The van der Waals surface area contributed by atoms with Gasteiger partial charge in [-0.25, -0.2) is 4.99 Å². The Morgan fingerprint density at radius 1 is 1.11 bits per heavy atom. The molecule has 3 rings (SSSR count). The number of furan rings is 1. The number of nitrogens with zero attached hydrogens (tertiary/aromatic N) is 1. The smallest absolute Gasteiger partial charge is 0.276 e. The number of hydrogen-bond acceptors (Lipinski definition) is 2. The summed E-state index contributed by atoms with van der Waals surface area (Å²) in [7, 11) is 0. The van der Waals surface area contributed by atoms with Crippen molar-refractivity contribution in [1.29, 1.82) is 0 Å². The Bertz CT molecular complexity index is 768. The topological polar surface area (TPSA) is 42.6 Å². The van der Waals surface area contributed by atoms with Gasteiger partial charge in [-0.3, -0.25) is 4.79 Å². The Morgan fingerprint density at radius 2 is 1.89 bits per heavy atom. The van der Waals surface area contributed by atoms with E-state index in [0.717, 1.165) is 16.4 Å². The third kappa shape index (κ3) is 1.61. The van der Waals surface area contributed by atoms with Crippen LogP contribution in [0.4, 0.5) is 0 Å². The van der Waals surface area contributed by atoms with Gasteiger partial charge in [0.25, 0.3) is 5.91 Å². The molecule has 0 spiro atoms. The predicted molar refractivity (Wildman–Crippen MR) is 72.2 cm³/mol. The maximum Gasteiger partial charge on any atom is 0.276 e. The largest absolute Gasteiger partial charge is 0.456 e. The summed E-state index contributed by atoms with van der Waals surface area (Å²) >= 11 is 0. The van der Waals surface area contributed by atoms with Crippen LogP contribution in [-0.2, 0) is 0 Å². The summed E-state index contributed by atoms with van der Waals surface area (Å²) in [6.07, 6.45) is 1.49. The minimum Gasteiger partial charge on any atom is -0.456 e. The van der Waals surface area contributed by atoms with E-state index in [1.165, 1.54) is 6.21 Å². The first-order chi connectivity index (χ1) is 8.79. The number of carbonyl (C=O) groups excluding carboxylic acids is 1. The van der Waals surface area contributed by atoms with Crippen LogP contribution in [0.2, 0.25) is 0 Å². The summed E-state index contributed by atoms with van der Waals surface area (Å²) in [6.45, 7) is 1.72. The second-order valence-electron chi connectivity index (χ2n) is 4.00. The van der Waals surface area contributed by atoms with Crippen molar-refractivity contribution >= 4 is 34.1 Å². The molecule has 3 aromatic rings. The standard InChI is InChI=1S/C15H11NO2/c1-2-16-15(17)10-7-8-12-11-5-3-4-6-13(11)18-14(12)9-10/h2-9H,1H3/b16-2+. The van der Waals surface area contributed by atoms with Crippen molar-refractivity contribution in [2.45, 2.75) is 6.92 Å². The van der Waals surface area contributed by atoms with Crippen LogP contribution in [0.25, 0.3) is 21.9 Å². The number of carbonyl (C=O) groups is 1. The maximum atomic E-state index is 11.7. The Balaban J connectivity index is 2.24. The van der Waals surface area contributed by atoms with Crippen molar-refractivity contribution in [2.75, 3.05) is 0 Å². The summed E-state index contributed by atoms with van der Waals surface area (Å²) in [6, 6.07) is 13.2. The normalized spacial score (nSPS) is 11.6. The molecule has 0 aliphatic rings. The molecular formula is C15H11NO2. The van der Waals surface area contributed by atoms with Gasteiger partial charge >= 0.3 is 0 Å². The number of para-hydroxylation sites is 1. The first-order valence-corrected chi connectivity index (χ1v) is 5.74. The van der Waals surface area contributed by atoms with Crippen molar-refractivity contribution in [3.8, 4) is 0 Å².